The Morgan fingerprint density at radius 1 is 1.31 bits per heavy atom. The summed E-state index contributed by atoms with van der Waals surface area (Å²) in [7, 11) is 0. The van der Waals surface area contributed by atoms with Gasteiger partial charge >= 0.3 is 0 Å². The van der Waals surface area contributed by atoms with E-state index < -0.39 is 0 Å². The van der Waals surface area contributed by atoms with E-state index in [1.165, 1.54) is 47.7 Å². The van der Waals surface area contributed by atoms with E-state index in [1.807, 2.05) is 11.3 Å². The second kappa shape index (κ2) is 5.28. The zero-order chi connectivity index (χ0) is 11.5. The first-order valence-electron chi connectivity index (χ1n) is 6.42. The van der Waals surface area contributed by atoms with E-state index in [0.29, 0.717) is 12.5 Å². The lowest BCUT2D eigenvalue weighted by atomic mass is 9.90. The molecule has 16 heavy (non-hydrogen) atoms. The van der Waals surface area contributed by atoms with E-state index in [2.05, 4.69) is 13.8 Å². The minimum atomic E-state index is 0.507. The molecule has 1 aromatic rings. The van der Waals surface area contributed by atoms with Gasteiger partial charge in [-0.05, 0) is 18.8 Å². The molecule has 0 spiro atoms. The van der Waals surface area contributed by atoms with Crippen LogP contribution in [0.4, 0.5) is 0 Å². The van der Waals surface area contributed by atoms with Crippen molar-refractivity contribution in [3.05, 3.63) is 15.6 Å². The molecule has 0 aliphatic heterocycles. The van der Waals surface area contributed by atoms with Gasteiger partial charge in [-0.25, -0.2) is 4.98 Å². The fourth-order valence-corrected chi connectivity index (χ4v) is 3.77. The van der Waals surface area contributed by atoms with Gasteiger partial charge in [0.25, 0.3) is 0 Å². The molecule has 2 N–H and O–H groups in total. The summed E-state index contributed by atoms with van der Waals surface area (Å²) in [6, 6.07) is 0. The molecule has 0 aromatic carbocycles. The lowest BCUT2D eigenvalue weighted by Gasteiger charge is -2.19. The van der Waals surface area contributed by atoms with Crippen LogP contribution in [-0.2, 0) is 6.54 Å². The molecule has 2 nitrogen and oxygen atoms in total. The van der Waals surface area contributed by atoms with Crippen LogP contribution < -0.4 is 5.73 Å². The van der Waals surface area contributed by atoms with Gasteiger partial charge in [-0.3, -0.25) is 0 Å². The van der Waals surface area contributed by atoms with E-state index in [1.54, 1.807) is 0 Å². The molecule has 1 aromatic heterocycles. The molecule has 2 rings (SSSR count). The molecule has 1 fully saturated rings. The average molecular weight is 238 g/mol. The van der Waals surface area contributed by atoms with Crippen LogP contribution in [0.3, 0.4) is 0 Å². The van der Waals surface area contributed by atoms with Gasteiger partial charge in [0.1, 0.15) is 0 Å². The van der Waals surface area contributed by atoms with Crippen molar-refractivity contribution in [2.45, 2.75) is 64.3 Å². The molecular formula is C13H22N2S. The summed E-state index contributed by atoms with van der Waals surface area (Å²) in [5.41, 5.74) is 7.05. The highest BCUT2D eigenvalue weighted by Crippen LogP contribution is 2.37. The average Bonchev–Trinajstić information content (AvgIpc) is 2.74. The Balaban J connectivity index is 2.20. The van der Waals surface area contributed by atoms with Gasteiger partial charge in [0.15, 0.2) is 0 Å². The summed E-state index contributed by atoms with van der Waals surface area (Å²) in [6.45, 7) is 5.07. The highest BCUT2D eigenvalue weighted by atomic mass is 32.1. The SMILES string of the molecule is CC(C)c1nc(C2CCCCC2)sc1CN. The summed E-state index contributed by atoms with van der Waals surface area (Å²) >= 11 is 1.86. The Hall–Kier alpha value is -0.410. The molecule has 1 saturated carbocycles. The van der Waals surface area contributed by atoms with Gasteiger partial charge in [-0.2, -0.15) is 0 Å². The Kier molecular flexibility index (Phi) is 3.98. The quantitative estimate of drug-likeness (QED) is 0.870. The normalized spacial score (nSPS) is 18.2. The minimum absolute atomic E-state index is 0.507. The summed E-state index contributed by atoms with van der Waals surface area (Å²) in [5.74, 6) is 1.23. The second-order valence-electron chi connectivity index (χ2n) is 5.05. The number of thiazole rings is 1. The largest absolute Gasteiger partial charge is 0.326 e. The lowest BCUT2D eigenvalue weighted by molar-refractivity contribution is 0.441. The zero-order valence-corrected chi connectivity index (χ0v) is 11.1. The van der Waals surface area contributed by atoms with Gasteiger partial charge in [0.05, 0.1) is 10.7 Å². The third-order valence-electron chi connectivity index (χ3n) is 3.43. The first-order valence-corrected chi connectivity index (χ1v) is 7.23. The van der Waals surface area contributed by atoms with Gasteiger partial charge in [0.2, 0.25) is 0 Å². The van der Waals surface area contributed by atoms with Crippen molar-refractivity contribution in [2.24, 2.45) is 5.73 Å². The zero-order valence-electron chi connectivity index (χ0n) is 10.3. The second-order valence-corrected chi connectivity index (χ2v) is 6.17. The summed E-state index contributed by atoms with van der Waals surface area (Å²) in [6.07, 6.45) is 6.81. The predicted octanol–water partition coefficient (Wildman–Crippen LogP) is 3.77. The minimum Gasteiger partial charge on any atom is -0.326 e. The van der Waals surface area contributed by atoms with Gasteiger partial charge < -0.3 is 5.73 Å². The fraction of sp³-hybridized carbons (Fsp3) is 0.769. The maximum atomic E-state index is 5.80. The number of nitrogens with zero attached hydrogens (tertiary/aromatic N) is 1. The van der Waals surface area contributed by atoms with Crippen molar-refractivity contribution >= 4 is 11.3 Å². The van der Waals surface area contributed by atoms with E-state index >= 15 is 0 Å². The van der Waals surface area contributed by atoms with Crippen LogP contribution in [0.2, 0.25) is 0 Å². The molecule has 3 heteroatoms. The van der Waals surface area contributed by atoms with Gasteiger partial charge in [0, 0.05) is 17.3 Å². The molecule has 1 heterocycles. The molecule has 0 unspecified atom stereocenters. The number of hydrogen-bond donors (Lipinski definition) is 1. The first-order chi connectivity index (χ1) is 7.72. The molecule has 1 aliphatic rings. The topological polar surface area (TPSA) is 38.9 Å². The summed E-state index contributed by atoms with van der Waals surface area (Å²) < 4.78 is 0. The van der Waals surface area contributed by atoms with Crippen LogP contribution >= 0.6 is 11.3 Å². The van der Waals surface area contributed by atoms with Crippen molar-refractivity contribution in [1.29, 1.82) is 0 Å². The fourth-order valence-electron chi connectivity index (χ4n) is 2.50. The van der Waals surface area contributed by atoms with E-state index in [-0.39, 0.29) is 0 Å². The number of rotatable bonds is 3. The van der Waals surface area contributed by atoms with Gasteiger partial charge in [-0.1, -0.05) is 33.1 Å². The molecule has 0 atom stereocenters. The van der Waals surface area contributed by atoms with Crippen molar-refractivity contribution in [3.8, 4) is 0 Å². The summed E-state index contributed by atoms with van der Waals surface area (Å²) in [5, 5.41) is 1.35. The highest BCUT2D eigenvalue weighted by Gasteiger charge is 2.21. The van der Waals surface area contributed by atoms with Crippen LogP contribution in [-0.4, -0.2) is 4.98 Å². The van der Waals surface area contributed by atoms with Crippen LogP contribution in [0.25, 0.3) is 0 Å². The molecule has 1 aliphatic carbocycles. The highest BCUT2D eigenvalue weighted by molar-refractivity contribution is 7.11. The number of aromatic nitrogens is 1. The van der Waals surface area contributed by atoms with Crippen LogP contribution in [0.15, 0.2) is 0 Å². The molecule has 0 amide bonds. The number of nitrogens with two attached hydrogens (primary N) is 1. The maximum absolute atomic E-state index is 5.80. The van der Waals surface area contributed by atoms with Crippen LogP contribution in [0.5, 0.6) is 0 Å². The van der Waals surface area contributed by atoms with Crippen LogP contribution in [0.1, 0.15) is 73.4 Å². The summed E-state index contributed by atoms with van der Waals surface area (Å²) in [4.78, 5) is 6.14. The third-order valence-corrected chi connectivity index (χ3v) is 4.69. The van der Waals surface area contributed by atoms with Crippen molar-refractivity contribution in [1.82, 2.24) is 4.98 Å². The number of hydrogen-bond acceptors (Lipinski definition) is 3. The molecule has 0 radical (unpaired) electrons. The van der Waals surface area contributed by atoms with E-state index in [0.717, 1.165) is 5.92 Å². The van der Waals surface area contributed by atoms with Crippen molar-refractivity contribution in [3.63, 3.8) is 0 Å². The Labute approximate surface area is 102 Å². The Morgan fingerprint density at radius 2 is 2.00 bits per heavy atom. The smallest absolute Gasteiger partial charge is 0.0962 e. The van der Waals surface area contributed by atoms with E-state index in [4.69, 9.17) is 10.7 Å². The predicted molar refractivity (Wildman–Crippen MR) is 69.9 cm³/mol. The van der Waals surface area contributed by atoms with Gasteiger partial charge in [-0.15, -0.1) is 11.3 Å². The van der Waals surface area contributed by atoms with Crippen molar-refractivity contribution in [2.75, 3.05) is 0 Å². The molecular weight excluding hydrogens is 216 g/mol. The van der Waals surface area contributed by atoms with Crippen molar-refractivity contribution < 1.29 is 0 Å². The van der Waals surface area contributed by atoms with E-state index in [9.17, 15) is 0 Å². The Morgan fingerprint density at radius 3 is 2.50 bits per heavy atom. The molecule has 0 saturated heterocycles. The molecule has 90 valence electrons. The lowest BCUT2D eigenvalue weighted by Crippen LogP contribution is -2.04. The van der Waals surface area contributed by atoms with Crippen LogP contribution in [0, 0.1) is 0 Å². The monoisotopic (exact) mass is 238 g/mol. The maximum Gasteiger partial charge on any atom is 0.0962 e. The Bertz CT molecular complexity index is 338. The third kappa shape index (κ3) is 2.46. The molecule has 0 bridgehead atoms. The first kappa shape index (κ1) is 12.1. The standard InChI is InChI=1S/C13H22N2S/c1-9(2)12-11(8-14)16-13(15-12)10-6-4-3-5-7-10/h9-10H,3-8,14H2,1-2H3.